The van der Waals surface area contributed by atoms with Crippen molar-refractivity contribution in [1.29, 1.82) is 0 Å². The second kappa shape index (κ2) is 9.19. The third-order valence-corrected chi connectivity index (χ3v) is 4.41. The van der Waals surface area contributed by atoms with E-state index in [1.165, 1.54) is 24.3 Å². The van der Waals surface area contributed by atoms with Crippen LogP contribution in [0.25, 0.3) is 6.08 Å². The Kier molecular flexibility index (Phi) is 7.23. The normalized spacial score (nSPS) is 17.6. The Morgan fingerprint density at radius 3 is 2.62 bits per heavy atom. The molecular weight excluding hydrogens is 345 g/mol. The minimum Gasteiger partial charge on any atom is -0.379 e. The molecule has 1 fully saturated rings. The molecule has 0 saturated carbocycles. The fourth-order valence-corrected chi connectivity index (χ4v) is 2.95. The van der Waals surface area contributed by atoms with E-state index in [1.807, 2.05) is 0 Å². The lowest BCUT2D eigenvalue weighted by atomic mass is 10.0. The molecule has 144 valence electrons. The molecule has 1 aromatic carbocycles. The molecule has 4 nitrogen and oxygen atoms in total. The molecule has 0 spiro atoms. The molecule has 0 aliphatic carbocycles. The van der Waals surface area contributed by atoms with Crippen molar-refractivity contribution < 1.29 is 22.7 Å². The molecule has 1 unspecified atom stereocenters. The van der Waals surface area contributed by atoms with Gasteiger partial charge in [0.05, 0.1) is 18.8 Å². The quantitative estimate of drug-likeness (QED) is 0.782. The Balaban J connectivity index is 1.92. The van der Waals surface area contributed by atoms with Crippen LogP contribution in [0, 0.1) is 5.92 Å². The Hall–Kier alpha value is -1.86. The van der Waals surface area contributed by atoms with E-state index in [4.69, 9.17) is 4.74 Å². The molecular formula is C19H25F3N2O2. The average molecular weight is 370 g/mol. The second-order valence-electron chi connectivity index (χ2n) is 6.66. The minimum absolute atomic E-state index is 0.199. The van der Waals surface area contributed by atoms with Crippen molar-refractivity contribution in [2.75, 3.05) is 32.8 Å². The average Bonchev–Trinajstić information content (AvgIpc) is 2.60. The van der Waals surface area contributed by atoms with E-state index in [9.17, 15) is 18.0 Å². The van der Waals surface area contributed by atoms with E-state index < -0.39 is 11.7 Å². The molecule has 7 heteroatoms. The summed E-state index contributed by atoms with van der Waals surface area (Å²) in [6.45, 7) is 7.73. The van der Waals surface area contributed by atoms with E-state index in [2.05, 4.69) is 24.1 Å². The Bertz CT molecular complexity index is 623. The molecule has 1 aromatic rings. The Morgan fingerprint density at radius 1 is 1.31 bits per heavy atom. The van der Waals surface area contributed by atoms with E-state index in [0.717, 1.165) is 25.2 Å². The highest BCUT2D eigenvalue weighted by molar-refractivity contribution is 5.91. The fourth-order valence-electron chi connectivity index (χ4n) is 2.95. The number of ether oxygens (including phenoxy) is 1. The summed E-state index contributed by atoms with van der Waals surface area (Å²) in [5, 5.41) is 2.85. The van der Waals surface area contributed by atoms with Gasteiger partial charge >= 0.3 is 6.18 Å². The number of nitrogens with one attached hydrogen (secondary N) is 1. The van der Waals surface area contributed by atoms with Gasteiger partial charge in [0.2, 0.25) is 5.91 Å². The molecule has 1 N–H and O–H groups in total. The van der Waals surface area contributed by atoms with Crippen molar-refractivity contribution in [1.82, 2.24) is 10.2 Å². The number of nitrogens with zero attached hydrogens (tertiary/aromatic N) is 1. The summed E-state index contributed by atoms with van der Waals surface area (Å²) >= 11 is 0. The fraction of sp³-hybridized carbons (Fsp3) is 0.526. The van der Waals surface area contributed by atoms with E-state index in [-0.39, 0.29) is 11.9 Å². The zero-order valence-electron chi connectivity index (χ0n) is 15.1. The molecule has 1 aliphatic heterocycles. The van der Waals surface area contributed by atoms with Crippen LogP contribution >= 0.6 is 0 Å². The van der Waals surface area contributed by atoms with Crippen LogP contribution in [-0.2, 0) is 15.7 Å². The highest BCUT2D eigenvalue weighted by Crippen LogP contribution is 2.29. The zero-order valence-corrected chi connectivity index (χ0v) is 15.1. The van der Waals surface area contributed by atoms with E-state index in [1.54, 1.807) is 0 Å². The number of alkyl halides is 3. The number of morpholine rings is 1. The summed E-state index contributed by atoms with van der Waals surface area (Å²) in [5.41, 5.74) is -0.393. The van der Waals surface area contributed by atoms with Gasteiger partial charge in [-0.3, -0.25) is 9.69 Å². The molecule has 26 heavy (non-hydrogen) atoms. The number of rotatable bonds is 6. The maximum absolute atomic E-state index is 12.7. The van der Waals surface area contributed by atoms with Gasteiger partial charge < -0.3 is 10.1 Å². The summed E-state index contributed by atoms with van der Waals surface area (Å²) < 4.78 is 43.5. The van der Waals surface area contributed by atoms with Crippen molar-refractivity contribution in [3.63, 3.8) is 0 Å². The van der Waals surface area contributed by atoms with Crippen LogP contribution in [0.15, 0.2) is 30.3 Å². The Morgan fingerprint density at radius 2 is 2.00 bits per heavy atom. The molecule has 2 rings (SSSR count). The van der Waals surface area contributed by atoms with Gasteiger partial charge in [-0.15, -0.1) is 0 Å². The molecule has 1 saturated heterocycles. The predicted molar refractivity (Wildman–Crippen MR) is 94.5 cm³/mol. The lowest BCUT2D eigenvalue weighted by Gasteiger charge is -2.36. The SMILES string of the molecule is CC(C)C(CNC(=O)/C=C/c1cccc(C(F)(F)F)c1)N1CCOCC1. The standard InChI is InChI=1S/C19H25F3N2O2/c1-14(2)17(24-8-10-26-11-9-24)13-23-18(25)7-6-15-4-3-5-16(12-15)19(20,21)22/h3-7,12,14,17H,8-11,13H2,1-2H3,(H,23,25)/b7-6+. The number of carbonyl (C=O) groups excluding carboxylic acids is 1. The van der Waals surface area contributed by atoms with E-state index in [0.29, 0.717) is 31.2 Å². The highest BCUT2D eigenvalue weighted by atomic mass is 19.4. The van der Waals surface area contributed by atoms with E-state index >= 15 is 0 Å². The third-order valence-electron chi connectivity index (χ3n) is 4.41. The number of halogens is 3. The van der Waals surface area contributed by atoms with Gasteiger partial charge in [-0.05, 0) is 29.7 Å². The van der Waals surface area contributed by atoms with Crippen LogP contribution < -0.4 is 5.32 Å². The largest absolute Gasteiger partial charge is 0.416 e. The lowest BCUT2D eigenvalue weighted by molar-refractivity contribution is -0.137. The topological polar surface area (TPSA) is 41.6 Å². The van der Waals surface area contributed by atoms with Gasteiger partial charge in [-0.2, -0.15) is 13.2 Å². The highest BCUT2D eigenvalue weighted by Gasteiger charge is 2.30. The van der Waals surface area contributed by atoms with Crippen LogP contribution in [0.1, 0.15) is 25.0 Å². The first kappa shape index (κ1) is 20.5. The first-order chi connectivity index (χ1) is 12.3. The van der Waals surface area contributed by atoms with Crippen molar-refractivity contribution in [3.05, 3.63) is 41.5 Å². The maximum atomic E-state index is 12.7. The smallest absolute Gasteiger partial charge is 0.379 e. The van der Waals surface area contributed by atoms with Crippen LogP contribution in [-0.4, -0.2) is 49.7 Å². The number of carbonyl (C=O) groups is 1. The third kappa shape index (κ3) is 6.14. The van der Waals surface area contributed by atoms with Gasteiger partial charge in [0, 0.05) is 31.8 Å². The van der Waals surface area contributed by atoms with Gasteiger partial charge in [0.1, 0.15) is 0 Å². The molecule has 0 bridgehead atoms. The molecule has 1 amide bonds. The second-order valence-corrected chi connectivity index (χ2v) is 6.66. The van der Waals surface area contributed by atoms with Crippen LogP contribution in [0.5, 0.6) is 0 Å². The number of amides is 1. The van der Waals surface area contributed by atoms with Crippen LogP contribution in [0.4, 0.5) is 13.2 Å². The van der Waals surface area contributed by atoms with Crippen molar-refractivity contribution in [3.8, 4) is 0 Å². The number of hydrogen-bond acceptors (Lipinski definition) is 3. The summed E-state index contributed by atoms with van der Waals surface area (Å²) in [4.78, 5) is 14.3. The van der Waals surface area contributed by atoms with Gasteiger partial charge in [0.25, 0.3) is 0 Å². The first-order valence-corrected chi connectivity index (χ1v) is 8.72. The first-order valence-electron chi connectivity index (χ1n) is 8.72. The van der Waals surface area contributed by atoms with Crippen molar-refractivity contribution in [2.45, 2.75) is 26.1 Å². The molecule has 0 aromatic heterocycles. The summed E-state index contributed by atoms with van der Waals surface area (Å²) in [7, 11) is 0. The van der Waals surface area contributed by atoms with Crippen molar-refractivity contribution in [2.24, 2.45) is 5.92 Å². The lowest BCUT2D eigenvalue weighted by Crippen LogP contribution is -2.51. The summed E-state index contributed by atoms with van der Waals surface area (Å²) in [6, 6.07) is 5.09. The van der Waals surface area contributed by atoms with Crippen molar-refractivity contribution >= 4 is 12.0 Å². The number of hydrogen-bond donors (Lipinski definition) is 1. The minimum atomic E-state index is -4.39. The molecule has 1 atom stereocenters. The van der Waals surface area contributed by atoms with Crippen LogP contribution in [0.3, 0.4) is 0 Å². The summed E-state index contributed by atoms with van der Waals surface area (Å²) in [5.74, 6) is 0.0437. The van der Waals surface area contributed by atoms with Crippen LogP contribution in [0.2, 0.25) is 0 Å². The monoisotopic (exact) mass is 370 g/mol. The molecule has 1 aliphatic rings. The van der Waals surface area contributed by atoms with Gasteiger partial charge in [0.15, 0.2) is 0 Å². The maximum Gasteiger partial charge on any atom is 0.416 e. The van der Waals surface area contributed by atoms with Gasteiger partial charge in [-0.1, -0.05) is 26.0 Å². The number of benzene rings is 1. The predicted octanol–water partition coefficient (Wildman–Crippen LogP) is 3.19. The zero-order chi connectivity index (χ0) is 19.2. The Labute approximate surface area is 152 Å². The molecule has 0 radical (unpaired) electrons. The summed E-state index contributed by atoms with van der Waals surface area (Å²) in [6.07, 6.45) is -1.73. The van der Waals surface area contributed by atoms with Gasteiger partial charge in [-0.25, -0.2) is 0 Å². The molecule has 1 heterocycles.